The highest BCUT2D eigenvalue weighted by molar-refractivity contribution is 5.82. The van der Waals surface area contributed by atoms with Crippen LogP contribution in [-0.2, 0) is 6.54 Å². The lowest BCUT2D eigenvalue weighted by molar-refractivity contribution is 0.199. The van der Waals surface area contributed by atoms with Crippen LogP contribution in [0.3, 0.4) is 0 Å². The molecule has 25 heavy (non-hydrogen) atoms. The normalized spacial score (nSPS) is 18.4. The standard InChI is InChI=1S/C20H19N3O2/c1-13-18(16-9-2-3-10-17(16)25-13)23-20(24)22-12-15-7-4-6-14-8-5-11-21-19(14)15/h2-11,13,18H,12H2,1H3,(H2,22,23,24). The number of pyridine rings is 1. The summed E-state index contributed by atoms with van der Waals surface area (Å²) in [6, 6.07) is 17.3. The molecule has 1 aromatic heterocycles. The zero-order valence-electron chi connectivity index (χ0n) is 13.9. The van der Waals surface area contributed by atoms with E-state index in [0.29, 0.717) is 6.54 Å². The number of benzene rings is 2. The monoisotopic (exact) mass is 333 g/mol. The number of nitrogens with one attached hydrogen (secondary N) is 2. The zero-order chi connectivity index (χ0) is 17.2. The summed E-state index contributed by atoms with van der Waals surface area (Å²) in [7, 11) is 0. The third-order valence-corrected chi connectivity index (χ3v) is 4.48. The van der Waals surface area contributed by atoms with Crippen molar-refractivity contribution in [3.05, 3.63) is 71.9 Å². The predicted octanol–water partition coefficient (Wildman–Crippen LogP) is 3.56. The van der Waals surface area contributed by atoms with Crippen molar-refractivity contribution in [1.29, 1.82) is 0 Å². The molecule has 1 aliphatic rings. The van der Waals surface area contributed by atoms with E-state index in [2.05, 4.69) is 15.6 Å². The number of fused-ring (bicyclic) bond motifs is 2. The lowest BCUT2D eigenvalue weighted by atomic mass is 10.1. The molecular formula is C20H19N3O2. The van der Waals surface area contributed by atoms with Gasteiger partial charge >= 0.3 is 6.03 Å². The molecule has 0 saturated carbocycles. The van der Waals surface area contributed by atoms with E-state index in [1.165, 1.54) is 0 Å². The number of carbonyl (C=O) groups excluding carboxylic acids is 1. The first-order chi connectivity index (χ1) is 12.2. The summed E-state index contributed by atoms with van der Waals surface area (Å²) in [5, 5.41) is 7.00. The molecule has 5 heteroatoms. The number of urea groups is 1. The third-order valence-electron chi connectivity index (χ3n) is 4.48. The van der Waals surface area contributed by atoms with E-state index >= 15 is 0 Å². The molecule has 2 aromatic carbocycles. The Bertz CT molecular complexity index is 920. The van der Waals surface area contributed by atoms with Crippen LogP contribution in [0, 0.1) is 0 Å². The number of hydrogen-bond acceptors (Lipinski definition) is 3. The molecule has 0 radical (unpaired) electrons. The Morgan fingerprint density at radius 1 is 1.12 bits per heavy atom. The van der Waals surface area contributed by atoms with Crippen molar-refractivity contribution in [3.63, 3.8) is 0 Å². The summed E-state index contributed by atoms with van der Waals surface area (Å²) in [6.45, 7) is 2.38. The van der Waals surface area contributed by atoms with Gasteiger partial charge < -0.3 is 15.4 Å². The van der Waals surface area contributed by atoms with Crippen LogP contribution >= 0.6 is 0 Å². The van der Waals surface area contributed by atoms with Crippen molar-refractivity contribution in [3.8, 4) is 5.75 Å². The Hall–Kier alpha value is -3.08. The number of amides is 2. The minimum atomic E-state index is -0.218. The molecule has 2 heterocycles. The van der Waals surface area contributed by atoms with Crippen LogP contribution in [0.1, 0.15) is 24.1 Å². The summed E-state index contributed by atoms with van der Waals surface area (Å²) in [4.78, 5) is 16.8. The smallest absolute Gasteiger partial charge is 0.315 e. The van der Waals surface area contributed by atoms with Gasteiger partial charge in [-0.3, -0.25) is 4.98 Å². The first kappa shape index (κ1) is 15.4. The van der Waals surface area contributed by atoms with Gasteiger partial charge in [-0.25, -0.2) is 4.79 Å². The largest absolute Gasteiger partial charge is 0.488 e. The van der Waals surface area contributed by atoms with Crippen molar-refractivity contribution in [2.45, 2.75) is 25.6 Å². The average molecular weight is 333 g/mol. The maximum atomic E-state index is 12.4. The van der Waals surface area contributed by atoms with Gasteiger partial charge in [-0.15, -0.1) is 0 Å². The van der Waals surface area contributed by atoms with Crippen molar-refractivity contribution in [2.75, 3.05) is 0 Å². The van der Waals surface area contributed by atoms with Gasteiger partial charge in [0.2, 0.25) is 0 Å². The Labute approximate surface area is 146 Å². The Morgan fingerprint density at radius 3 is 2.88 bits per heavy atom. The van der Waals surface area contributed by atoms with Gasteiger partial charge in [0.1, 0.15) is 11.9 Å². The molecule has 2 N–H and O–H groups in total. The molecule has 2 atom stereocenters. The fourth-order valence-electron chi connectivity index (χ4n) is 3.24. The lowest BCUT2D eigenvalue weighted by Crippen LogP contribution is -2.40. The van der Waals surface area contributed by atoms with Gasteiger partial charge in [0.25, 0.3) is 0 Å². The zero-order valence-corrected chi connectivity index (χ0v) is 13.9. The molecule has 0 aliphatic carbocycles. The highest BCUT2D eigenvalue weighted by Crippen LogP contribution is 2.35. The SMILES string of the molecule is CC1Oc2ccccc2C1NC(=O)NCc1cccc2cccnc12. The Morgan fingerprint density at radius 2 is 1.96 bits per heavy atom. The van der Waals surface area contributed by atoms with E-state index in [4.69, 9.17) is 4.74 Å². The Balaban J connectivity index is 1.45. The molecule has 0 bridgehead atoms. The van der Waals surface area contributed by atoms with Gasteiger partial charge in [-0.2, -0.15) is 0 Å². The van der Waals surface area contributed by atoms with Crippen LogP contribution in [-0.4, -0.2) is 17.1 Å². The second-order valence-corrected chi connectivity index (χ2v) is 6.16. The number of nitrogens with zero attached hydrogens (tertiary/aromatic N) is 1. The van der Waals surface area contributed by atoms with E-state index in [1.54, 1.807) is 6.20 Å². The molecule has 0 spiro atoms. The van der Waals surface area contributed by atoms with E-state index in [-0.39, 0.29) is 18.2 Å². The lowest BCUT2D eigenvalue weighted by Gasteiger charge is -2.17. The van der Waals surface area contributed by atoms with Crippen molar-refractivity contribution < 1.29 is 9.53 Å². The molecule has 126 valence electrons. The molecule has 1 aliphatic heterocycles. The van der Waals surface area contributed by atoms with Crippen molar-refractivity contribution in [1.82, 2.24) is 15.6 Å². The molecule has 5 nitrogen and oxygen atoms in total. The summed E-state index contributed by atoms with van der Waals surface area (Å²) in [5.74, 6) is 0.832. The molecule has 2 unspecified atom stereocenters. The number of rotatable bonds is 3. The van der Waals surface area contributed by atoms with Gasteiger partial charge in [0.15, 0.2) is 0 Å². The van der Waals surface area contributed by atoms with E-state index in [9.17, 15) is 4.79 Å². The van der Waals surface area contributed by atoms with E-state index < -0.39 is 0 Å². The van der Waals surface area contributed by atoms with Gasteiger partial charge in [0, 0.05) is 23.7 Å². The number of para-hydroxylation sites is 2. The maximum Gasteiger partial charge on any atom is 0.315 e. The molecule has 3 aromatic rings. The van der Waals surface area contributed by atoms with Crippen LogP contribution in [0.2, 0.25) is 0 Å². The second kappa shape index (κ2) is 6.43. The minimum absolute atomic E-state index is 0.0950. The number of hydrogen-bond donors (Lipinski definition) is 2. The maximum absolute atomic E-state index is 12.4. The molecule has 0 saturated heterocycles. The van der Waals surface area contributed by atoms with Gasteiger partial charge in [-0.1, -0.05) is 42.5 Å². The molecular weight excluding hydrogens is 314 g/mol. The number of carbonyl (C=O) groups is 1. The van der Waals surface area contributed by atoms with Gasteiger partial charge in [-0.05, 0) is 24.6 Å². The summed E-state index contributed by atoms with van der Waals surface area (Å²) < 4.78 is 5.79. The quantitative estimate of drug-likeness (QED) is 0.770. The van der Waals surface area contributed by atoms with Crippen molar-refractivity contribution in [2.24, 2.45) is 0 Å². The third kappa shape index (κ3) is 3.01. The van der Waals surface area contributed by atoms with Crippen LogP contribution in [0.5, 0.6) is 5.75 Å². The highest BCUT2D eigenvalue weighted by atomic mass is 16.5. The van der Waals surface area contributed by atoms with Crippen LogP contribution in [0.25, 0.3) is 10.9 Å². The van der Waals surface area contributed by atoms with Crippen LogP contribution in [0.15, 0.2) is 60.8 Å². The van der Waals surface area contributed by atoms with Crippen LogP contribution in [0.4, 0.5) is 4.79 Å². The van der Waals surface area contributed by atoms with E-state index in [1.807, 2.05) is 61.5 Å². The number of ether oxygens (including phenoxy) is 1. The summed E-state index contributed by atoms with van der Waals surface area (Å²) in [6.07, 6.45) is 1.67. The first-order valence-corrected chi connectivity index (χ1v) is 8.35. The molecule has 0 fully saturated rings. The fraction of sp³-hybridized carbons (Fsp3) is 0.200. The second-order valence-electron chi connectivity index (χ2n) is 6.16. The van der Waals surface area contributed by atoms with E-state index in [0.717, 1.165) is 27.8 Å². The Kier molecular flexibility index (Phi) is 3.98. The average Bonchev–Trinajstić information content (AvgIpc) is 2.95. The van der Waals surface area contributed by atoms with Crippen LogP contribution < -0.4 is 15.4 Å². The molecule has 2 amide bonds. The fourth-order valence-corrected chi connectivity index (χ4v) is 3.24. The van der Waals surface area contributed by atoms with Crippen molar-refractivity contribution >= 4 is 16.9 Å². The summed E-state index contributed by atoms with van der Waals surface area (Å²) in [5.41, 5.74) is 2.91. The minimum Gasteiger partial charge on any atom is -0.488 e. The first-order valence-electron chi connectivity index (χ1n) is 8.35. The number of aromatic nitrogens is 1. The summed E-state index contributed by atoms with van der Waals surface area (Å²) >= 11 is 0. The topological polar surface area (TPSA) is 63.2 Å². The highest BCUT2D eigenvalue weighted by Gasteiger charge is 2.31. The predicted molar refractivity (Wildman–Crippen MR) is 96.4 cm³/mol. The molecule has 4 rings (SSSR count). The van der Waals surface area contributed by atoms with Gasteiger partial charge in [0.05, 0.1) is 11.6 Å².